The van der Waals surface area contributed by atoms with Crippen LogP contribution in [-0.4, -0.2) is 42.3 Å². The second-order valence-electron chi connectivity index (χ2n) is 8.09. The van der Waals surface area contributed by atoms with Crippen LogP contribution in [0.5, 0.6) is 0 Å². The number of amides is 3. The highest BCUT2D eigenvalue weighted by molar-refractivity contribution is 6.09. The summed E-state index contributed by atoms with van der Waals surface area (Å²) in [5.41, 5.74) is 1.32. The van der Waals surface area contributed by atoms with E-state index in [1.807, 2.05) is 24.3 Å². The van der Waals surface area contributed by atoms with Crippen molar-refractivity contribution in [2.24, 2.45) is 5.41 Å². The number of hydrogen-bond acceptors (Lipinski definition) is 4. The molecule has 1 saturated carbocycles. The lowest BCUT2D eigenvalue weighted by Crippen LogP contribution is -2.41. The van der Waals surface area contributed by atoms with Gasteiger partial charge in [-0.05, 0) is 49.9 Å². The van der Waals surface area contributed by atoms with Gasteiger partial charge in [0, 0.05) is 30.9 Å². The molecule has 3 aliphatic rings. The van der Waals surface area contributed by atoms with E-state index in [4.69, 9.17) is 0 Å². The van der Waals surface area contributed by atoms with Gasteiger partial charge in [-0.15, -0.1) is 0 Å². The molecule has 2 heterocycles. The molecule has 1 N–H and O–H groups in total. The van der Waals surface area contributed by atoms with Gasteiger partial charge in [0.05, 0.1) is 5.41 Å². The molecule has 4 rings (SSSR count). The van der Waals surface area contributed by atoms with Crippen LogP contribution in [0.25, 0.3) is 0 Å². The lowest BCUT2D eigenvalue weighted by Gasteiger charge is -2.30. The highest BCUT2D eigenvalue weighted by atomic mass is 16.2. The molecule has 2 saturated heterocycles. The third-order valence-electron chi connectivity index (χ3n) is 6.22. The molecule has 27 heavy (non-hydrogen) atoms. The van der Waals surface area contributed by atoms with Crippen molar-refractivity contribution in [1.82, 2.24) is 4.90 Å². The summed E-state index contributed by atoms with van der Waals surface area (Å²) in [5.74, 6) is -0.674. The first kappa shape index (κ1) is 18.0. The zero-order valence-electron chi connectivity index (χ0n) is 15.7. The molecular formula is C21H27N3O3. The van der Waals surface area contributed by atoms with Gasteiger partial charge in [0.2, 0.25) is 17.7 Å². The average molecular weight is 369 g/mol. The molecule has 1 aromatic rings. The molecule has 0 radical (unpaired) electrons. The highest BCUT2D eigenvalue weighted by Crippen LogP contribution is 2.45. The van der Waals surface area contributed by atoms with Crippen molar-refractivity contribution in [3.63, 3.8) is 0 Å². The summed E-state index contributed by atoms with van der Waals surface area (Å²) >= 11 is 0. The van der Waals surface area contributed by atoms with Crippen LogP contribution in [0.1, 0.15) is 51.4 Å². The van der Waals surface area contributed by atoms with Gasteiger partial charge in [-0.25, -0.2) is 0 Å². The predicted octanol–water partition coefficient (Wildman–Crippen LogP) is 2.93. The first-order chi connectivity index (χ1) is 13.1. The number of imide groups is 1. The number of nitrogens with zero attached hydrogens (tertiary/aromatic N) is 2. The fraction of sp³-hybridized carbons (Fsp3) is 0.571. The van der Waals surface area contributed by atoms with Gasteiger partial charge in [-0.3, -0.25) is 19.3 Å². The van der Waals surface area contributed by atoms with Gasteiger partial charge in [-0.1, -0.05) is 19.3 Å². The highest BCUT2D eigenvalue weighted by Gasteiger charge is 2.51. The second-order valence-corrected chi connectivity index (χ2v) is 8.09. The molecule has 6 nitrogen and oxygen atoms in total. The van der Waals surface area contributed by atoms with Crippen LogP contribution in [0.2, 0.25) is 0 Å². The Hall–Kier alpha value is -2.37. The molecule has 6 heteroatoms. The van der Waals surface area contributed by atoms with Crippen LogP contribution in [0.4, 0.5) is 11.4 Å². The Morgan fingerprint density at radius 1 is 0.963 bits per heavy atom. The van der Waals surface area contributed by atoms with Gasteiger partial charge in [0.25, 0.3) is 0 Å². The van der Waals surface area contributed by atoms with Crippen molar-refractivity contribution in [3.8, 4) is 0 Å². The van der Waals surface area contributed by atoms with E-state index in [0.29, 0.717) is 5.69 Å². The molecule has 1 spiro atoms. The van der Waals surface area contributed by atoms with Gasteiger partial charge < -0.3 is 10.2 Å². The van der Waals surface area contributed by atoms with Crippen LogP contribution in [0.15, 0.2) is 24.3 Å². The minimum absolute atomic E-state index is 0.147. The van der Waals surface area contributed by atoms with Gasteiger partial charge in [0.15, 0.2) is 0 Å². The average Bonchev–Trinajstić information content (AvgIpc) is 3.27. The number of rotatable bonds is 4. The van der Waals surface area contributed by atoms with E-state index in [9.17, 15) is 14.4 Å². The van der Waals surface area contributed by atoms with Gasteiger partial charge in [0.1, 0.15) is 6.54 Å². The van der Waals surface area contributed by atoms with Crippen LogP contribution < -0.4 is 10.2 Å². The van der Waals surface area contributed by atoms with Crippen LogP contribution in [-0.2, 0) is 14.4 Å². The van der Waals surface area contributed by atoms with Crippen molar-refractivity contribution in [1.29, 1.82) is 0 Å². The molecule has 0 bridgehead atoms. The zero-order valence-corrected chi connectivity index (χ0v) is 15.7. The minimum atomic E-state index is -0.535. The van der Waals surface area contributed by atoms with Crippen molar-refractivity contribution in [2.75, 3.05) is 29.9 Å². The van der Waals surface area contributed by atoms with Crippen molar-refractivity contribution in [2.45, 2.75) is 51.4 Å². The molecule has 1 aliphatic carbocycles. The lowest BCUT2D eigenvalue weighted by molar-refractivity contribution is -0.144. The molecule has 3 fully saturated rings. The Bertz CT molecular complexity index is 732. The Kier molecular flexibility index (Phi) is 4.89. The number of carbonyl (C=O) groups is 3. The van der Waals surface area contributed by atoms with Gasteiger partial charge in [-0.2, -0.15) is 0 Å². The number of anilines is 2. The van der Waals surface area contributed by atoms with E-state index < -0.39 is 5.41 Å². The van der Waals surface area contributed by atoms with E-state index in [1.54, 1.807) is 0 Å². The Balaban J connectivity index is 1.36. The van der Waals surface area contributed by atoms with Crippen LogP contribution in [0, 0.1) is 5.41 Å². The summed E-state index contributed by atoms with van der Waals surface area (Å²) < 4.78 is 0. The van der Waals surface area contributed by atoms with E-state index in [2.05, 4.69) is 10.2 Å². The molecule has 0 atom stereocenters. The number of nitrogens with one attached hydrogen (secondary N) is 1. The quantitative estimate of drug-likeness (QED) is 0.829. The maximum Gasteiger partial charge on any atom is 0.244 e. The topological polar surface area (TPSA) is 69.7 Å². The first-order valence-corrected chi connectivity index (χ1v) is 10.1. The van der Waals surface area contributed by atoms with E-state index in [-0.39, 0.29) is 30.7 Å². The van der Waals surface area contributed by atoms with Crippen molar-refractivity contribution in [3.05, 3.63) is 24.3 Å². The number of hydrogen-bond donors (Lipinski definition) is 1. The van der Waals surface area contributed by atoms with Crippen molar-refractivity contribution >= 4 is 29.1 Å². The Morgan fingerprint density at radius 3 is 2.30 bits per heavy atom. The SMILES string of the molecule is O=C(CN1C(=O)CC2(CCCCC2)C1=O)Nc1ccc(N2CCCC2)cc1. The summed E-state index contributed by atoms with van der Waals surface area (Å²) in [7, 11) is 0. The standard InChI is InChI=1S/C21H27N3O3/c25-18(22-16-6-8-17(9-7-16)23-12-4-5-13-23)15-24-19(26)14-21(20(24)27)10-2-1-3-11-21/h6-9H,1-5,10-15H2,(H,22,25). The third-order valence-corrected chi connectivity index (χ3v) is 6.22. The maximum atomic E-state index is 12.8. The fourth-order valence-electron chi connectivity index (χ4n) is 4.71. The smallest absolute Gasteiger partial charge is 0.244 e. The second kappa shape index (κ2) is 7.33. The maximum absolute atomic E-state index is 12.8. The van der Waals surface area contributed by atoms with E-state index in [0.717, 1.165) is 50.9 Å². The summed E-state index contributed by atoms with van der Waals surface area (Å²) in [6.45, 7) is 1.96. The Morgan fingerprint density at radius 2 is 1.63 bits per heavy atom. The van der Waals surface area contributed by atoms with Crippen LogP contribution in [0.3, 0.4) is 0 Å². The van der Waals surface area contributed by atoms with E-state index >= 15 is 0 Å². The molecule has 2 aliphatic heterocycles. The van der Waals surface area contributed by atoms with Crippen molar-refractivity contribution < 1.29 is 14.4 Å². The molecule has 144 valence electrons. The largest absolute Gasteiger partial charge is 0.372 e. The fourth-order valence-corrected chi connectivity index (χ4v) is 4.71. The predicted molar refractivity (Wildman–Crippen MR) is 103 cm³/mol. The zero-order chi connectivity index (χ0) is 18.9. The Labute approximate surface area is 159 Å². The summed E-state index contributed by atoms with van der Waals surface area (Å²) in [6, 6.07) is 7.76. The number of carbonyl (C=O) groups excluding carboxylic acids is 3. The molecule has 0 aromatic heterocycles. The van der Waals surface area contributed by atoms with E-state index in [1.165, 1.54) is 17.7 Å². The summed E-state index contributed by atoms with van der Waals surface area (Å²) in [4.78, 5) is 41.0. The number of benzene rings is 1. The summed E-state index contributed by atoms with van der Waals surface area (Å²) in [6.07, 6.45) is 7.35. The third kappa shape index (κ3) is 3.57. The molecule has 3 amide bonds. The number of likely N-dealkylation sites (tertiary alicyclic amines) is 1. The lowest BCUT2D eigenvalue weighted by atomic mass is 9.73. The molecule has 0 unspecified atom stereocenters. The molecular weight excluding hydrogens is 342 g/mol. The normalized spacial score (nSPS) is 21.9. The van der Waals surface area contributed by atoms with Gasteiger partial charge >= 0.3 is 0 Å². The van der Waals surface area contributed by atoms with Crippen LogP contribution >= 0.6 is 0 Å². The monoisotopic (exact) mass is 369 g/mol. The minimum Gasteiger partial charge on any atom is -0.372 e. The molecule has 1 aromatic carbocycles. The first-order valence-electron chi connectivity index (χ1n) is 10.1. The summed E-state index contributed by atoms with van der Waals surface area (Å²) in [5, 5.41) is 2.82.